The highest BCUT2D eigenvalue weighted by molar-refractivity contribution is 14.0. The Hall–Kier alpha value is -0.480. The van der Waals surface area contributed by atoms with Crippen LogP contribution in [0, 0.1) is 13.8 Å². The van der Waals surface area contributed by atoms with Crippen LogP contribution in [0.2, 0.25) is 0 Å². The summed E-state index contributed by atoms with van der Waals surface area (Å²) in [7, 11) is 1.83. The van der Waals surface area contributed by atoms with Gasteiger partial charge in [-0.05, 0) is 44.9 Å². The molecule has 0 aromatic carbocycles. The number of guanidine groups is 1. The fourth-order valence-electron chi connectivity index (χ4n) is 3.22. The largest absolute Gasteiger partial charge is 0.381 e. The van der Waals surface area contributed by atoms with Crippen molar-refractivity contribution >= 4 is 41.7 Å². The highest BCUT2D eigenvalue weighted by Crippen LogP contribution is 2.34. The van der Waals surface area contributed by atoms with Gasteiger partial charge in [-0.25, -0.2) is 0 Å². The summed E-state index contributed by atoms with van der Waals surface area (Å²) in [6.45, 7) is 10.8. The van der Waals surface area contributed by atoms with Crippen molar-refractivity contribution < 1.29 is 4.74 Å². The molecule has 0 amide bonds. The van der Waals surface area contributed by atoms with Crippen LogP contribution >= 0.6 is 35.7 Å². The maximum atomic E-state index is 5.54. The van der Waals surface area contributed by atoms with Crippen molar-refractivity contribution in [2.24, 2.45) is 4.99 Å². The molecule has 1 saturated heterocycles. The SMILES string of the molecule is CCSC1(CNC(=NC)NCCCn2nc(C)cc2C)CCOCC1.I. The van der Waals surface area contributed by atoms with Crippen LogP contribution < -0.4 is 10.6 Å². The predicted molar refractivity (Wildman–Crippen MR) is 122 cm³/mol. The Balaban J connectivity index is 0.00000338. The summed E-state index contributed by atoms with van der Waals surface area (Å²) in [6.07, 6.45) is 3.23. The molecule has 2 N–H and O–H groups in total. The average molecular weight is 495 g/mol. The van der Waals surface area contributed by atoms with Gasteiger partial charge in [0.1, 0.15) is 0 Å². The van der Waals surface area contributed by atoms with E-state index in [0.717, 1.165) is 69.5 Å². The van der Waals surface area contributed by atoms with E-state index in [4.69, 9.17) is 4.74 Å². The summed E-state index contributed by atoms with van der Waals surface area (Å²) in [5.74, 6) is 2.02. The number of aliphatic imine (C=N–C) groups is 1. The average Bonchev–Trinajstić information content (AvgIpc) is 2.93. The Kier molecular flexibility index (Phi) is 10.9. The van der Waals surface area contributed by atoms with Crippen LogP contribution in [-0.2, 0) is 11.3 Å². The molecule has 0 radical (unpaired) electrons. The molecule has 0 bridgehead atoms. The molecule has 0 saturated carbocycles. The Labute approximate surface area is 179 Å². The quantitative estimate of drug-likeness (QED) is 0.251. The number of nitrogens with one attached hydrogen (secondary N) is 2. The number of thioether (sulfide) groups is 1. The minimum absolute atomic E-state index is 0. The first-order chi connectivity index (χ1) is 12.1. The molecule has 26 heavy (non-hydrogen) atoms. The highest BCUT2D eigenvalue weighted by Gasteiger charge is 2.32. The molecular weight excluding hydrogens is 461 g/mol. The molecule has 1 fully saturated rings. The molecule has 0 unspecified atom stereocenters. The highest BCUT2D eigenvalue weighted by atomic mass is 127. The summed E-state index contributed by atoms with van der Waals surface area (Å²) >= 11 is 2.04. The summed E-state index contributed by atoms with van der Waals surface area (Å²) in [5.41, 5.74) is 2.30. The van der Waals surface area contributed by atoms with Crippen LogP contribution in [0.3, 0.4) is 0 Å². The fraction of sp³-hybridized carbons (Fsp3) is 0.778. The molecule has 0 aliphatic carbocycles. The molecule has 6 nitrogen and oxygen atoms in total. The number of ether oxygens (including phenoxy) is 1. The molecule has 1 aliphatic heterocycles. The van der Waals surface area contributed by atoms with Crippen LogP contribution in [0.4, 0.5) is 0 Å². The number of nitrogens with zero attached hydrogens (tertiary/aromatic N) is 3. The Morgan fingerprint density at radius 1 is 1.35 bits per heavy atom. The molecule has 2 rings (SSSR count). The zero-order valence-electron chi connectivity index (χ0n) is 16.5. The van der Waals surface area contributed by atoms with Gasteiger partial charge in [-0.2, -0.15) is 16.9 Å². The molecular formula is C18H34IN5OS. The van der Waals surface area contributed by atoms with Crippen molar-refractivity contribution in [2.75, 3.05) is 39.1 Å². The third kappa shape index (κ3) is 7.26. The molecule has 1 aromatic rings. The van der Waals surface area contributed by atoms with Gasteiger partial charge in [-0.3, -0.25) is 9.67 Å². The number of halogens is 1. The van der Waals surface area contributed by atoms with Crippen molar-refractivity contribution in [1.82, 2.24) is 20.4 Å². The van der Waals surface area contributed by atoms with Crippen LogP contribution in [0.15, 0.2) is 11.1 Å². The number of aromatic nitrogens is 2. The summed E-state index contributed by atoms with van der Waals surface area (Å²) in [6, 6.07) is 2.12. The minimum atomic E-state index is 0. The van der Waals surface area contributed by atoms with Gasteiger partial charge < -0.3 is 15.4 Å². The van der Waals surface area contributed by atoms with Crippen molar-refractivity contribution in [2.45, 2.75) is 51.3 Å². The molecule has 8 heteroatoms. The predicted octanol–water partition coefficient (Wildman–Crippen LogP) is 2.98. The lowest BCUT2D eigenvalue weighted by molar-refractivity contribution is 0.0782. The first-order valence-corrected chi connectivity index (χ1v) is 10.2. The van der Waals surface area contributed by atoms with Crippen molar-refractivity contribution in [3.05, 3.63) is 17.5 Å². The van der Waals surface area contributed by atoms with Crippen molar-refractivity contribution in [1.29, 1.82) is 0 Å². The van der Waals surface area contributed by atoms with E-state index in [2.05, 4.69) is 45.3 Å². The summed E-state index contributed by atoms with van der Waals surface area (Å²) in [5, 5.41) is 11.4. The number of hydrogen-bond donors (Lipinski definition) is 2. The van der Waals surface area contributed by atoms with Gasteiger partial charge in [-0.15, -0.1) is 24.0 Å². The fourth-order valence-corrected chi connectivity index (χ4v) is 4.47. The van der Waals surface area contributed by atoms with Crippen LogP contribution in [-0.4, -0.2) is 59.6 Å². The van der Waals surface area contributed by atoms with Crippen molar-refractivity contribution in [3.8, 4) is 0 Å². The van der Waals surface area contributed by atoms with E-state index in [1.54, 1.807) is 0 Å². The second-order valence-corrected chi connectivity index (χ2v) is 8.32. The van der Waals surface area contributed by atoms with E-state index < -0.39 is 0 Å². The van der Waals surface area contributed by atoms with Crippen LogP contribution in [0.1, 0.15) is 37.6 Å². The van der Waals surface area contributed by atoms with E-state index in [1.807, 2.05) is 25.7 Å². The second kappa shape index (κ2) is 12.1. The minimum Gasteiger partial charge on any atom is -0.381 e. The molecule has 2 heterocycles. The number of rotatable bonds is 8. The summed E-state index contributed by atoms with van der Waals surface area (Å²) in [4.78, 5) is 4.36. The van der Waals surface area contributed by atoms with Crippen LogP contribution in [0.25, 0.3) is 0 Å². The third-order valence-electron chi connectivity index (χ3n) is 4.60. The van der Waals surface area contributed by atoms with E-state index in [1.165, 1.54) is 5.69 Å². The lowest BCUT2D eigenvalue weighted by Gasteiger charge is -2.37. The topological polar surface area (TPSA) is 63.5 Å². The smallest absolute Gasteiger partial charge is 0.191 e. The van der Waals surface area contributed by atoms with Gasteiger partial charge in [0.15, 0.2) is 5.96 Å². The zero-order chi connectivity index (χ0) is 18.1. The lowest BCUT2D eigenvalue weighted by Crippen LogP contribution is -2.48. The van der Waals surface area contributed by atoms with Gasteiger partial charge in [0.25, 0.3) is 0 Å². The van der Waals surface area contributed by atoms with Gasteiger partial charge in [0.05, 0.1) is 5.69 Å². The number of aryl methyl sites for hydroxylation is 3. The van der Waals surface area contributed by atoms with E-state index in [9.17, 15) is 0 Å². The normalized spacial score (nSPS) is 16.8. The maximum Gasteiger partial charge on any atom is 0.191 e. The Bertz CT molecular complexity index is 552. The maximum absolute atomic E-state index is 5.54. The van der Waals surface area contributed by atoms with Gasteiger partial charge >= 0.3 is 0 Å². The molecule has 0 spiro atoms. The lowest BCUT2D eigenvalue weighted by atomic mass is 9.99. The monoisotopic (exact) mass is 495 g/mol. The van der Waals surface area contributed by atoms with E-state index in [0.29, 0.717) is 0 Å². The van der Waals surface area contributed by atoms with Crippen LogP contribution in [0.5, 0.6) is 0 Å². The number of hydrogen-bond acceptors (Lipinski definition) is 4. The standard InChI is InChI=1S/C18H33N5OS.HI/c1-5-25-18(7-11-24-12-8-18)14-21-17(19-4)20-9-6-10-23-16(3)13-15(2)22-23;/h13H,5-12,14H2,1-4H3,(H2,19,20,21);1H. The summed E-state index contributed by atoms with van der Waals surface area (Å²) < 4.78 is 7.89. The first-order valence-electron chi connectivity index (χ1n) is 9.26. The van der Waals surface area contributed by atoms with Gasteiger partial charge in [0, 0.05) is 50.3 Å². The van der Waals surface area contributed by atoms with Gasteiger partial charge in [0.2, 0.25) is 0 Å². The Morgan fingerprint density at radius 3 is 2.65 bits per heavy atom. The zero-order valence-corrected chi connectivity index (χ0v) is 19.7. The van der Waals surface area contributed by atoms with Gasteiger partial charge in [-0.1, -0.05) is 6.92 Å². The molecule has 0 atom stereocenters. The third-order valence-corrected chi connectivity index (χ3v) is 6.05. The van der Waals surface area contributed by atoms with E-state index in [-0.39, 0.29) is 28.7 Å². The second-order valence-electron chi connectivity index (χ2n) is 6.58. The molecule has 1 aromatic heterocycles. The molecule has 1 aliphatic rings. The van der Waals surface area contributed by atoms with E-state index >= 15 is 0 Å². The molecule has 150 valence electrons. The van der Waals surface area contributed by atoms with Crippen molar-refractivity contribution in [3.63, 3.8) is 0 Å². The Morgan fingerprint density at radius 2 is 2.08 bits per heavy atom. The first kappa shape index (κ1) is 23.6.